The maximum absolute atomic E-state index is 6.62. The molecule has 1 aromatic carbocycles. The van der Waals surface area contributed by atoms with E-state index >= 15 is 0 Å². The Morgan fingerprint density at radius 2 is 1.44 bits per heavy atom. The van der Waals surface area contributed by atoms with Gasteiger partial charge in [0.1, 0.15) is 0 Å². The van der Waals surface area contributed by atoms with Gasteiger partial charge in [0.2, 0.25) is 0 Å². The molecule has 0 fully saturated rings. The molecule has 0 saturated carbocycles. The lowest BCUT2D eigenvalue weighted by Crippen LogP contribution is -2.42. The molecule has 2 N–H and O–H groups in total. The molecule has 0 bridgehead atoms. The maximum Gasteiger partial charge on any atom is 0.0194 e. The third kappa shape index (κ3) is 4.45. The Morgan fingerprint density at radius 1 is 0.889 bits per heavy atom. The minimum Gasteiger partial charge on any atom is -0.325 e. The largest absolute Gasteiger partial charge is 0.325 e. The zero-order valence-corrected chi connectivity index (χ0v) is 12.3. The number of nitrogens with two attached hydrogens (primary N) is 1. The SMILES string of the molecule is CCCc1ccccc1CC(N)(CCC)CCC. The van der Waals surface area contributed by atoms with Crippen molar-refractivity contribution in [2.75, 3.05) is 0 Å². The summed E-state index contributed by atoms with van der Waals surface area (Å²) in [4.78, 5) is 0. The predicted molar refractivity (Wildman–Crippen MR) is 80.9 cm³/mol. The van der Waals surface area contributed by atoms with Crippen LogP contribution in [0.15, 0.2) is 24.3 Å². The van der Waals surface area contributed by atoms with Crippen molar-refractivity contribution in [3.05, 3.63) is 35.4 Å². The number of hydrogen-bond acceptors (Lipinski definition) is 1. The van der Waals surface area contributed by atoms with Gasteiger partial charge in [-0.1, -0.05) is 64.3 Å². The fraction of sp³-hybridized carbons (Fsp3) is 0.647. The average Bonchev–Trinajstić information content (AvgIpc) is 2.32. The van der Waals surface area contributed by atoms with Crippen molar-refractivity contribution in [2.45, 2.75) is 71.3 Å². The van der Waals surface area contributed by atoms with Crippen molar-refractivity contribution in [2.24, 2.45) is 5.73 Å². The highest BCUT2D eigenvalue weighted by Crippen LogP contribution is 2.24. The van der Waals surface area contributed by atoms with E-state index in [9.17, 15) is 0 Å². The lowest BCUT2D eigenvalue weighted by Gasteiger charge is -2.30. The van der Waals surface area contributed by atoms with Crippen LogP contribution < -0.4 is 5.73 Å². The van der Waals surface area contributed by atoms with Gasteiger partial charge in [-0.25, -0.2) is 0 Å². The van der Waals surface area contributed by atoms with Crippen LogP contribution in [0.5, 0.6) is 0 Å². The fourth-order valence-corrected chi connectivity index (χ4v) is 2.92. The molecule has 1 aromatic rings. The Hall–Kier alpha value is -0.820. The van der Waals surface area contributed by atoms with Crippen molar-refractivity contribution in [3.8, 4) is 0 Å². The standard InChI is InChI=1S/C17H29N/c1-4-9-15-10-7-8-11-16(15)14-17(18,12-5-2)13-6-3/h7-8,10-11H,4-6,9,12-14,18H2,1-3H3. The molecule has 0 aliphatic heterocycles. The number of hydrogen-bond donors (Lipinski definition) is 1. The van der Waals surface area contributed by atoms with Crippen LogP contribution in [-0.4, -0.2) is 5.54 Å². The Bertz CT molecular complexity index is 337. The Balaban J connectivity index is 2.85. The van der Waals surface area contributed by atoms with E-state index in [1.54, 1.807) is 0 Å². The van der Waals surface area contributed by atoms with Crippen LogP contribution >= 0.6 is 0 Å². The van der Waals surface area contributed by atoms with Gasteiger partial charge >= 0.3 is 0 Å². The molecule has 0 saturated heterocycles. The fourth-order valence-electron chi connectivity index (χ4n) is 2.92. The zero-order valence-electron chi connectivity index (χ0n) is 12.3. The summed E-state index contributed by atoms with van der Waals surface area (Å²) in [5.41, 5.74) is 9.56. The number of aryl methyl sites for hydroxylation is 1. The van der Waals surface area contributed by atoms with Crippen molar-refractivity contribution < 1.29 is 0 Å². The normalized spacial score (nSPS) is 11.8. The molecular weight excluding hydrogens is 218 g/mol. The van der Waals surface area contributed by atoms with Gasteiger partial charge in [-0.2, -0.15) is 0 Å². The van der Waals surface area contributed by atoms with Gasteiger partial charge in [0.25, 0.3) is 0 Å². The van der Waals surface area contributed by atoms with Gasteiger partial charge < -0.3 is 5.73 Å². The van der Waals surface area contributed by atoms with Gasteiger partial charge in [0, 0.05) is 5.54 Å². The first-order chi connectivity index (χ1) is 8.65. The van der Waals surface area contributed by atoms with E-state index in [0.717, 1.165) is 19.3 Å². The first-order valence-electron chi connectivity index (χ1n) is 7.51. The molecular formula is C17H29N. The highest BCUT2D eigenvalue weighted by molar-refractivity contribution is 5.29. The molecule has 0 aromatic heterocycles. The molecule has 0 aliphatic rings. The second-order valence-electron chi connectivity index (χ2n) is 5.56. The topological polar surface area (TPSA) is 26.0 Å². The van der Waals surface area contributed by atoms with Crippen LogP contribution in [0.4, 0.5) is 0 Å². The van der Waals surface area contributed by atoms with Gasteiger partial charge in [-0.05, 0) is 36.8 Å². The summed E-state index contributed by atoms with van der Waals surface area (Å²) >= 11 is 0. The summed E-state index contributed by atoms with van der Waals surface area (Å²) in [5, 5.41) is 0. The predicted octanol–water partition coefficient (Wildman–Crippen LogP) is 4.48. The Morgan fingerprint density at radius 3 is 1.94 bits per heavy atom. The lowest BCUT2D eigenvalue weighted by atomic mass is 9.82. The zero-order chi connectivity index (χ0) is 13.4. The van der Waals surface area contributed by atoms with Gasteiger partial charge in [-0.15, -0.1) is 0 Å². The summed E-state index contributed by atoms with van der Waals surface area (Å²) in [6, 6.07) is 8.81. The van der Waals surface area contributed by atoms with Crippen LogP contribution in [0.2, 0.25) is 0 Å². The van der Waals surface area contributed by atoms with Crippen molar-refractivity contribution in [1.29, 1.82) is 0 Å². The maximum atomic E-state index is 6.62. The minimum absolute atomic E-state index is 0.00660. The Labute approximate surface area is 113 Å². The smallest absolute Gasteiger partial charge is 0.0194 e. The van der Waals surface area contributed by atoms with E-state index in [1.807, 2.05) is 0 Å². The van der Waals surface area contributed by atoms with E-state index in [1.165, 1.54) is 36.8 Å². The minimum atomic E-state index is -0.00660. The lowest BCUT2D eigenvalue weighted by molar-refractivity contribution is 0.354. The summed E-state index contributed by atoms with van der Waals surface area (Å²) in [7, 11) is 0. The molecule has 102 valence electrons. The molecule has 0 heterocycles. The summed E-state index contributed by atoms with van der Waals surface area (Å²) in [6.07, 6.45) is 8.01. The first kappa shape index (κ1) is 15.2. The van der Waals surface area contributed by atoms with E-state index < -0.39 is 0 Å². The number of rotatable bonds is 8. The monoisotopic (exact) mass is 247 g/mol. The second-order valence-corrected chi connectivity index (χ2v) is 5.56. The second kappa shape index (κ2) is 7.58. The van der Waals surface area contributed by atoms with Gasteiger partial charge in [-0.3, -0.25) is 0 Å². The summed E-state index contributed by atoms with van der Waals surface area (Å²) in [6.45, 7) is 6.70. The van der Waals surface area contributed by atoms with E-state index in [4.69, 9.17) is 5.73 Å². The van der Waals surface area contributed by atoms with Crippen LogP contribution in [-0.2, 0) is 12.8 Å². The summed E-state index contributed by atoms with van der Waals surface area (Å²) in [5.74, 6) is 0. The van der Waals surface area contributed by atoms with E-state index in [-0.39, 0.29) is 5.54 Å². The molecule has 1 nitrogen and oxygen atoms in total. The molecule has 0 aliphatic carbocycles. The first-order valence-corrected chi connectivity index (χ1v) is 7.51. The van der Waals surface area contributed by atoms with Crippen LogP contribution in [0.1, 0.15) is 64.0 Å². The van der Waals surface area contributed by atoms with E-state index in [2.05, 4.69) is 45.0 Å². The molecule has 0 unspecified atom stereocenters. The highest BCUT2D eigenvalue weighted by atomic mass is 14.7. The molecule has 18 heavy (non-hydrogen) atoms. The van der Waals surface area contributed by atoms with Crippen LogP contribution in [0.3, 0.4) is 0 Å². The van der Waals surface area contributed by atoms with Crippen LogP contribution in [0, 0.1) is 0 Å². The number of benzene rings is 1. The third-order valence-electron chi connectivity index (χ3n) is 3.68. The molecule has 1 rings (SSSR count). The molecule has 0 atom stereocenters. The quantitative estimate of drug-likeness (QED) is 0.720. The highest BCUT2D eigenvalue weighted by Gasteiger charge is 2.24. The molecule has 0 radical (unpaired) electrons. The molecule has 0 spiro atoms. The van der Waals surface area contributed by atoms with Gasteiger partial charge in [0.05, 0.1) is 0 Å². The van der Waals surface area contributed by atoms with Crippen molar-refractivity contribution in [1.82, 2.24) is 0 Å². The molecule has 0 amide bonds. The average molecular weight is 247 g/mol. The summed E-state index contributed by atoms with van der Waals surface area (Å²) < 4.78 is 0. The van der Waals surface area contributed by atoms with Crippen molar-refractivity contribution in [3.63, 3.8) is 0 Å². The van der Waals surface area contributed by atoms with Crippen LogP contribution in [0.25, 0.3) is 0 Å². The van der Waals surface area contributed by atoms with E-state index in [0.29, 0.717) is 0 Å². The van der Waals surface area contributed by atoms with Gasteiger partial charge in [0.15, 0.2) is 0 Å². The Kier molecular flexibility index (Phi) is 6.42. The van der Waals surface area contributed by atoms with Crippen molar-refractivity contribution >= 4 is 0 Å². The third-order valence-corrected chi connectivity index (χ3v) is 3.68. The molecule has 1 heteroatoms.